The fraction of sp³-hybridized carbons (Fsp3) is 0.378. The molecule has 0 saturated carbocycles. The molecule has 1 heterocycles. The number of hydrogen-bond donors (Lipinski definition) is 6. The third-order valence-electron chi connectivity index (χ3n) is 8.21. The number of nitrogens with zero attached hydrogens (tertiary/aromatic N) is 1. The van der Waals surface area contributed by atoms with Gasteiger partial charge in [0.25, 0.3) is 11.8 Å². The van der Waals surface area contributed by atoms with Crippen LogP contribution in [0.1, 0.15) is 90.6 Å². The lowest BCUT2D eigenvalue weighted by Gasteiger charge is -2.31. The number of hydrogen-bond acceptors (Lipinski definition) is 11. The number of ether oxygens (including phenoxy) is 1. The molecule has 0 radical (unpaired) electrons. The van der Waals surface area contributed by atoms with E-state index in [-0.39, 0.29) is 48.1 Å². The number of aliphatic carboxylic acids is 2. The number of nitrogens with two attached hydrogens (primary N) is 1. The number of carbonyl (C=O) groups excluding carboxylic acids is 5. The summed E-state index contributed by atoms with van der Waals surface area (Å²) in [6, 6.07) is 10.7. The molecule has 0 aliphatic carbocycles. The van der Waals surface area contributed by atoms with E-state index in [1.54, 1.807) is 26.0 Å². The number of amides is 4. The zero-order valence-corrected chi connectivity index (χ0v) is 30.2. The van der Waals surface area contributed by atoms with Gasteiger partial charge in [0.2, 0.25) is 12.3 Å². The molecule has 2 aromatic carbocycles. The normalized spacial score (nSPS) is 12.4. The molecule has 0 spiro atoms. The minimum absolute atomic E-state index is 0.0494. The molecule has 3 rings (SSSR count). The van der Waals surface area contributed by atoms with Gasteiger partial charge in [-0.3, -0.25) is 24.0 Å². The van der Waals surface area contributed by atoms with E-state index in [2.05, 4.69) is 16.0 Å². The van der Waals surface area contributed by atoms with Crippen LogP contribution in [0.25, 0.3) is 11.3 Å². The van der Waals surface area contributed by atoms with E-state index < -0.39 is 60.1 Å². The molecule has 4 amide bonds. The van der Waals surface area contributed by atoms with Gasteiger partial charge < -0.3 is 45.9 Å². The Hall–Kier alpha value is -6.39. The van der Waals surface area contributed by atoms with E-state index in [0.717, 1.165) is 17.9 Å². The van der Waals surface area contributed by atoms with Crippen LogP contribution in [0.5, 0.6) is 5.75 Å². The Balaban J connectivity index is 1.69. The first kappa shape index (κ1) is 42.0. The van der Waals surface area contributed by atoms with Crippen LogP contribution >= 0.6 is 0 Å². The largest absolute Gasteiger partial charge is 0.493 e. The summed E-state index contributed by atoms with van der Waals surface area (Å²) in [5, 5.41) is 26.5. The number of carbonyl (C=O) groups is 7. The van der Waals surface area contributed by atoms with Crippen molar-refractivity contribution in [3.05, 3.63) is 71.5 Å². The molecule has 17 nitrogen and oxygen atoms in total. The fourth-order valence-electron chi connectivity index (χ4n) is 5.53. The van der Waals surface area contributed by atoms with Gasteiger partial charge in [-0.05, 0) is 62.2 Å². The fourth-order valence-corrected chi connectivity index (χ4v) is 5.53. The highest BCUT2D eigenvalue weighted by atomic mass is 16.7. The molecule has 0 fully saturated rings. The summed E-state index contributed by atoms with van der Waals surface area (Å²) in [5.74, 6) is -6.37. The first-order valence-electron chi connectivity index (χ1n) is 17.3. The minimum atomic E-state index is -1.67. The third kappa shape index (κ3) is 11.8. The number of carboxylic acid groups (broad SMARTS) is 2. The molecule has 0 bridgehead atoms. The predicted molar refractivity (Wildman–Crippen MR) is 193 cm³/mol. The Morgan fingerprint density at radius 2 is 1.70 bits per heavy atom. The number of rotatable bonds is 22. The average molecular weight is 752 g/mol. The van der Waals surface area contributed by atoms with Crippen LogP contribution in [0.4, 0.5) is 5.69 Å². The summed E-state index contributed by atoms with van der Waals surface area (Å²) in [4.78, 5) is 92.1. The molecule has 2 unspecified atom stereocenters. The molecule has 3 atom stereocenters. The van der Waals surface area contributed by atoms with Gasteiger partial charge in [-0.15, -0.1) is 0 Å². The van der Waals surface area contributed by atoms with Crippen molar-refractivity contribution in [3.63, 3.8) is 0 Å². The highest BCUT2D eigenvalue weighted by Crippen LogP contribution is 2.29. The molecule has 0 saturated heterocycles. The van der Waals surface area contributed by atoms with Crippen molar-refractivity contribution < 1.29 is 57.8 Å². The number of nitrogens with one attached hydrogen (secondary N) is 3. The predicted octanol–water partition coefficient (Wildman–Crippen LogP) is 3.59. The van der Waals surface area contributed by atoms with Crippen LogP contribution in [0.2, 0.25) is 0 Å². The Bertz CT molecular complexity index is 1810. The van der Waals surface area contributed by atoms with Crippen molar-refractivity contribution >= 4 is 47.7 Å². The third-order valence-corrected chi connectivity index (χ3v) is 8.21. The first-order valence-corrected chi connectivity index (χ1v) is 17.3. The topological polar surface area (TPSA) is 257 Å². The minimum Gasteiger partial charge on any atom is -0.493 e. The van der Waals surface area contributed by atoms with E-state index in [0.29, 0.717) is 30.5 Å². The Morgan fingerprint density at radius 3 is 2.33 bits per heavy atom. The highest BCUT2D eigenvalue weighted by molar-refractivity contribution is 6.00. The van der Waals surface area contributed by atoms with E-state index in [9.17, 15) is 38.7 Å². The smallest absolute Gasteiger partial charge is 0.363 e. The monoisotopic (exact) mass is 751 g/mol. The summed E-state index contributed by atoms with van der Waals surface area (Å²) in [5.41, 5.74) is 6.59. The second-order valence-corrected chi connectivity index (χ2v) is 12.0. The SMILES string of the molecule is CCCCC[C@@H](C(=O)NCNC(=O)c1ccc(-c2ccc(C(=O)NC(CC(=O)O)C(=O)O)c(OCC)c2)o1)C(CC)N(C=O)OC(=O)c1cccc(N)c1. The summed E-state index contributed by atoms with van der Waals surface area (Å²) in [7, 11) is 0. The van der Waals surface area contributed by atoms with Gasteiger partial charge in [-0.2, -0.15) is 5.06 Å². The van der Waals surface area contributed by atoms with Crippen LogP contribution < -0.4 is 26.4 Å². The Kier molecular flexibility index (Phi) is 16.0. The van der Waals surface area contributed by atoms with E-state index in [1.165, 1.54) is 42.5 Å². The quantitative estimate of drug-likeness (QED) is 0.0282. The van der Waals surface area contributed by atoms with Crippen molar-refractivity contribution in [2.75, 3.05) is 19.0 Å². The molecular formula is C37H45N5O12. The highest BCUT2D eigenvalue weighted by Gasteiger charge is 2.34. The summed E-state index contributed by atoms with van der Waals surface area (Å²) >= 11 is 0. The second-order valence-electron chi connectivity index (χ2n) is 12.0. The molecule has 17 heteroatoms. The van der Waals surface area contributed by atoms with Gasteiger partial charge in [0, 0.05) is 11.3 Å². The molecule has 3 aromatic rings. The number of anilines is 1. The van der Waals surface area contributed by atoms with E-state index >= 15 is 0 Å². The Labute approximate surface area is 311 Å². The van der Waals surface area contributed by atoms with Gasteiger partial charge in [0.05, 0.1) is 42.8 Å². The molecule has 1 aromatic heterocycles. The van der Waals surface area contributed by atoms with Crippen LogP contribution in [-0.2, 0) is 24.0 Å². The van der Waals surface area contributed by atoms with Crippen LogP contribution in [0, 0.1) is 5.92 Å². The number of furan rings is 1. The molecule has 0 aliphatic rings. The maximum atomic E-state index is 13.5. The number of carboxylic acids is 2. The van der Waals surface area contributed by atoms with Crippen LogP contribution in [0.3, 0.4) is 0 Å². The molecule has 54 heavy (non-hydrogen) atoms. The summed E-state index contributed by atoms with van der Waals surface area (Å²) in [6.45, 7) is 5.26. The Morgan fingerprint density at radius 1 is 0.944 bits per heavy atom. The number of hydroxylamine groups is 2. The zero-order valence-electron chi connectivity index (χ0n) is 30.2. The maximum absolute atomic E-state index is 13.5. The van der Waals surface area contributed by atoms with Crippen molar-refractivity contribution in [2.45, 2.75) is 71.4 Å². The first-order chi connectivity index (χ1) is 25.8. The number of unbranched alkanes of at least 4 members (excludes halogenated alkanes) is 2. The zero-order chi connectivity index (χ0) is 39.8. The van der Waals surface area contributed by atoms with E-state index in [1.807, 2.05) is 6.92 Å². The van der Waals surface area contributed by atoms with Crippen molar-refractivity contribution in [1.29, 1.82) is 0 Å². The van der Waals surface area contributed by atoms with Gasteiger partial charge in [-0.1, -0.05) is 45.2 Å². The number of nitrogen functional groups attached to an aromatic ring is 1. The number of benzene rings is 2. The second kappa shape index (κ2) is 20.6. The molecule has 7 N–H and O–H groups in total. The summed E-state index contributed by atoms with van der Waals surface area (Å²) in [6.07, 6.45) is 2.53. The maximum Gasteiger partial charge on any atom is 0.363 e. The van der Waals surface area contributed by atoms with Crippen molar-refractivity contribution in [3.8, 4) is 17.1 Å². The van der Waals surface area contributed by atoms with Crippen molar-refractivity contribution in [2.24, 2.45) is 5.92 Å². The lowest BCUT2D eigenvalue weighted by molar-refractivity contribution is -0.171. The lowest BCUT2D eigenvalue weighted by atomic mass is 9.90. The van der Waals surface area contributed by atoms with Crippen LogP contribution in [0.15, 0.2) is 59.0 Å². The summed E-state index contributed by atoms with van der Waals surface area (Å²) < 4.78 is 11.3. The van der Waals surface area contributed by atoms with E-state index in [4.69, 9.17) is 24.8 Å². The van der Waals surface area contributed by atoms with Gasteiger partial charge in [0.1, 0.15) is 17.6 Å². The average Bonchev–Trinajstić information content (AvgIpc) is 3.64. The standard InChI is InChI=1S/C37H45N5O12/c1-4-7-8-12-25(28(5-2)42(21-43)54-37(51)23-10-9-11-24(38)17-23)33(46)39-20-40-35(48)30-16-15-29(53-30)22-13-14-26(31(18-22)52-6-3)34(47)41-27(36(49)50)19-32(44)45/h9-11,13-18,21,25,27-28H,4-8,12,19-20,38H2,1-3H3,(H,39,46)(H,40,48)(H,41,47)(H,44,45)(H,49,50)/t25-,27?,28?/m1/s1. The van der Waals surface area contributed by atoms with Gasteiger partial charge >= 0.3 is 17.9 Å². The lowest BCUT2D eigenvalue weighted by Crippen LogP contribution is -2.49. The molecule has 290 valence electrons. The molecule has 0 aliphatic heterocycles. The van der Waals surface area contributed by atoms with Crippen molar-refractivity contribution in [1.82, 2.24) is 21.0 Å². The van der Waals surface area contributed by atoms with Gasteiger partial charge in [-0.25, -0.2) is 9.59 Å². The van der Waals surface area contributed by atoms with Gasteiger partial charge in [0.15, 0.2) is 5.76 Å². The van der Waals surface area contributed by atoms with Crippen LogP contribution in [-0.4, -0.2) is 82.7 Å². The molecular weight excluding hydrogens is 706 g/mol.